The van der Waals surface area contributed by atoms with Crippen LogP contribution in [0.2, 0.25) is 0 Å². The number of allylic oxidation sites excluding steroid dienone is 2. The molecule has 0 bridgehead atoms. The second kappa shape index (κ2) is 10.3. The predicted molar refractivity (Wildman–Crippen MR) is 175 cm³/mol. The van der Waals surface area contributed by atoms with Gasteiger partial charge in [-0.25, -0.2) is 0 Å². The highest BCUT2D eigenvalue weighted by molar-refractivity contribution is 7.86. The van der Waals surface area contributed by atoms with Gasteiger partial charge in [-0.05, 0) is 129 Å². The van der Waals surface area contributed by atoms with Crippen molar-refractivity contribution in [3.63, 3.8) is 0 Å². The van der Waals surface area contributed by atoms with E-state index in [-0.39, 0.29) is 56.1 Å². The summed E-state index contributed by atoms with van der Waals surface area (Å²) in [4.78, 5) is 27.8. The van der Waals surface area contributed by atoms with Gasteiger partial charge in [0.15, 0.2) is 5.78 Å². The zero-order valence-electron chi connectivity index (χ0n) is 28.9. The van der Waals surface area contributed by atoms with Crippen LogP contribution in [0, 0.1) is 57.2 Å². The molecule has 0 aromatic heterocycles. The highest BCUT2D eigenvalue weighted by Crippen LogP contribution is 2.75. The molecule has 7 heteroatoms. The molecule has 5 aliphatic carbocycles. The summed E-state index contributed by atoms with van der Waals surface area (Å²) in [7, 11) is -2.44. The van der Waals surface area contributed by atoms with E-state index < -0.39 is 27.1 Å². The van der Waals surface area contributed by atoms with Crippen LogP contribution in [-0.4, -0.2) is 33.4 Å². The van der Waals surface area contributed by atoms with Crippen molar-refractivity contribution in [2.45, 2.75) is 124 Å². The Balaban J connectivity index is 1.34. The molecule has 0 amide bonds. The van der Waals surface area contributed by atoms with Crippen LogP contribution in [0.25, 0.3) is 0 Å². The summed E-state index contributed by atoms with van der Waals surface area (Å²) in [6.07, 6.45) is 9.42. The lowest BCUT2D eigenvalue weighted by molar-refractivity contribution is -0.199. The van der Waals surface area contributed by atoms with Crippen molar-refractivity contribution < 1.29 is 26.9 Å². The molecular formula is C38H54O6S. The Labute approximate surface area is 271 Å². The number of ketones is 1. The fourth-order valence-electron chi connectivity index (χ4n) is 11.7. The molecule has 1 aromatic carbocycles. The quantitative estimate of drug-likeness (QED) is 0.244. The zero-order valence-corrected chi connectivity index (χ0v) is 29.7. The Morgan fingerprint density at radius 2 is 1.51 bits per heavy atom. The zero-order chi connectivity index (χ0) is 33.0. The lowest BCUT2D eigenvalue weighted by atomic mass is 9.33. The van der Waals surface area contributed by atoms with Crippen molar-refractivity contribution >= 4 is 21.9 Å². The molecule has 0 N–H and O–H groups in total. The summed E-state index contributed by atoms with van der Waals surface area (Å²) < 4.78 is 38.2. The number of ether oxygens (including phenoxy) is 1. The molecule has 1 aromatic rings. The van der Waals surface area contributed by atoms with Gasteiger partial charge in [0.2, 0.25) is 0 Å². The average Bonchev–Trinajstić information content (AvgIpc) is 2.96. The summed E-state index contributed by atoms with van der Waals surface area (Å²) >= 11 is 0. The van der Waals surface area contributed by atoms with Crippen molar-refractivity contribution in [3.05, 3.63) is 41.5 Å². The third-order valence-corrected chi connectivity index (χ3v) is 16.1. The predicted octanol–water partition coefficient (Wildman–Crippen LogP) is 8.22. The van der Waals surface area contributed by atoms with Gasteiger partial charge in [0.1, 0.15) is 0 Å². The lowest BCUT2D eigenvalue weighted by Crippen LogP contribution is -2.66. The van der Waals surface area contributed by atoms with Crippen LogP contribution in [0.1, 0.15) is 112 Å². The monoisotopic (exact) mass is 638 g/mol. The fourth-order valence-corrected chi connectivity index (χ4v) is 12.9. The minimum Gasteiger partial charge on any atom is -0.469 e. The molecule has 45 heavy (non-hydrogen) atoms. The first-order valence-electron chi connectivity index (χ1n) is 17.1. The van der Waals surface area contributed by atoms with E-state index in [1.54, 1.807) is 24.3 Å². The van der Waals surface area contributed by atoms with Crippen molar-refractivity contribution in [2.24, 2.45) is 50.2 Å². The maximum Gasteiger partial charge on any atom is 0.311 e. The van der Waals surface area contributed by atoms with Gasteiger partial charge in [0.25, 0.3) is 10.1 Å². The van der Waals surface area contributed by atoms with Gasteiger partial charge in [0, 0.05) is 5.92 Å². The number of benzene rings is 1. The Bertz CT molecular complexity index is 1540. The van der Waals surface area contributed by atoms with Gasteiger partial charge in [-0.3, -0.25) is 13.8 Å². The number of rotatable bonds is 4. The molecule has 0 aliphatic heterocycles. The van der Waals surface area contributed by atoms with Crippen molar-refractivity contribution in [1.29, 1.82) is 0 Å². The number of hydrogen-bond donors (Lipinski definition) is 0. The second-order valence-corrected chi connectivity index (χ2v) is 19.0. The van der Waals surface area contributed by atoms with Crippen LogP contribution in [0.15, 0.2) is 40.8 Å². The molecular weight excluding hydrogens is 584 g/mol. The molecule has 0 heterocycles. The van der Waals surface area contributed by atoms with Crippen LogP contribution in [0.3, 0.4) is 0 Å². The van der Waals surface area contributed by atoms with E-state index in [9.17, 15) is 18.0 Å². The molecule has 6 nitrogen and oxygen atoms in total. The summed E-state index contributed by atoms with van der Waals surface area (Å²) in [5.41, 5.74) is 0.723. The van der Waals surface area contributed by atoms with E-state index in [0.717, 1.165) is 56.9 Å². The van der Waals surface area contributed by atoms with Gasteiger partial charge >= 0.3 is 5.97 Å². The highest BCUT2D eigenvalue weighted by atomic mass is 32.2. The van der Waals surface area contributed by atoms with Crippen LogP contribution in [-0.2, 0) is 28.6 Å². The largest absolute Gasteiger partial charge is 0.469 e. The summed E-state index contributed by atoms with van der Waals surface area (Å²) in [6, 6.07) is 6.85. The number of hydrogen-bond acceptors (Lipinski definition) is 6. The lowest BCUT2D eigenvalue weighted by Gasteiger charge is -2.70. The van der Waals surface area contributed by atoms with Gasteiger partial charge < -0.3 is 4.74 Å². The number of esters is 1. The topological polar surface area (TPSA) is 86.7 Å². The van der Waals surface area contributed by atoms with Crippen molar-refractivity contribution in [2.75, 3.05) is 7.11 Å². The van der Waals surface area contributed by atoms with Gasteiger partial charge in [0.05, 0.1) is 23.5 Å². The second-order valence-electron chi connectivity index (χ2n) is 17.5. The molecule has 0 saturated heterocycles. The smallest absolute Gasteiger partial charge is 0.311 e. The first kappa shape index (κ1) is 32.9. The summed E-state index contributed by atoms with van der Waals surface area (Å²) in [6.45, 7) is 17.8. The number of methoxy groups -OCH3 is 1. The maximum atomic E-state index is 14.7. The van der Waals surface area contributed by atoms with E-state index >= 15 is 0 Å². The number of carbonyl (C=O) groups is 2. The average molecular weight is 639 g/mol. The first-order chi connectivity index (χ1) is 20.8. The van der Waals surface area contributed by atoms with Gasteiger partial charge in [-0.1, -0.05) is 64.8 Å². The molecule has 5 aliphatic rings. The Hall–Kier alpha value is -1.99. The number of aryl methyl sites for hydroxylation is 1. The minimum absolute atomic E-state index is 0.0732. The Morgan fingerprint density at radius 1 is 0.867 bits per heavy atom. The highest BCUT2D eigenvalue weighted by Gasteiger charge is 2.70. The molecule has 0 radical (unpaired) electrons. The SMILES string of the molecule is COC(=O)[C@@]1(C)CC[C@]2(C)CC[C@]3(C)C(=CC(=O)[C@@H]4[C@@]5(C)CC[C@H](OS(=O)(=O)c6ccc(C)cc6)C(C)(C)[C@@H]5CC[C@]43C)[C@@H]2C1. The summed E-state index contributed by atoms with van der Waals surface area (Å²) in [5, 5.41) is 0. The first-order valence-corrected chi connectivity index (χ1v) is 18.5. The molecule has 248 valence electrons. The molecule has 0 spiro atoms. The Morgan fingerprint density at radius 3 is 2.16 bits per heavy atom. The van der Waals surface area contributed by atoms with Gasteiger partial charge in [-0.15, -0.1) is 0 Å². The van der Waals surface area contributed by atoms with E-state index in [2.05, 4.69) is 41.5 Å². The van der Waals surface area contributed by atoms with Crippen LogP contribution >= 0.6 is 0 Å². The van der Waals surface area contributed by atoms with Crippen LogP contribution in [0.4, 0.5) is 0 Å². The normalized spacial score (nSPS) is 44.0. The van der Waals surface area contributed by atoms with E-state index in [0.29, 0.717) is 6.42 Å². The molecule has 9 atom stereocenters. The third kappa shape index (κ3) is 4.59. The van der Waals surface area contributed by atoms with Crippen molar-refractivity contribution in [1.82, 2.24) is 0 Å². The minimum atomic E-state index is -3.92. The standard InChI is InChI=1S/C38H54O6S/c1-24-10-12-25(13-11-24)45(41,42)44-30-15-16-36(6)29(33(30,2)3)14-17-38(8)31(36)28(39)22-26-27-23-35(5,32(40)43-9)19-18-34(27,4)20-21-37(26,38)7/h10-13,22,27,29-31H,14-21,23H2,1-9H3/t27-,29-,30-,31+,34+,35-,36-,37+,38+/m0/s1. The maximum absolute atomic E-state index is 14.7. The van der Waals surface area contributed by atoms with E-state index in [1.165, 1.54) is 12.7 Å². The van der Waals surface area contributed by atoms with Crippen LogP contribution < -0.4 is 0 Å². The fraction of sp³-hybridized carbons (Fsp3) is 0.737. The van der Waals surface area contributed by atoms with E-state index in [4.69, 9.17) is 8.92 Å². The molecule has 4 fully saturated rings. The van der Waals surface area contributed by atoms with Crippen LogP contribution in [0.5, 0.6) is 0 Å². The Kier molecular flexibility index (Phi) is 7.50. The number of carbonyl (C=O) groups excluding carboxylic acids is 2. The van der Waals surface area contributed by atoms with Crippen molar-refractivity contribution in [3.8, 4) is 0 Å². The van der Waals surface area contributed by atoms with Gasteiger partial charge in [-0.2, -0.15) is 8.42 Å². The molecule has 0 unspecified atom stereocenters. The molecule has 6 rings (SSSR count). The summed E-state index contributed by atoms with van der Waals surface area (Å²) in [5.74, 6) is 0.264. The third-order valence-electron chi connectivity index (χ3n) is 14.7. The van der Waals surface area contributed by atoms with E-state index in [1.807, 2.05) is 19.9 Å². The number of fused-ring (bicyclic) bond motifs is 7. The molecule has 4 saturated carbocycles.